The van der Waals surface area contributed by atoms with E-state index in [9.17, 15) is 0 Å². The number of halogens is 1. The molecule has 0 radical (unpaired) electrons. The van der Waals surface area contributed by atoms with Gasteiger partial charge in [0.1, 0.15) is 0 Å². The Balaban J connectivity index is 0.000000500. The first-order chi connectivity index (χ1) is 4.47. The molecule has 2 nitrogen and oxygen atoms in total. The van der Waals surface area contributed by atoms with Crippen LogP contribution in [0.4, 0.5) is 0 Å². The van der Waals surface area contributed by atoms with E-state index in [1.807, 2.05) is 23.4 Å². The maximum atomic E-state index is 4.17. The summed E-state index contributed by atoms with van der Waals surface area (Å²) in [6.45, 7) is 0. The van der Waals surface area contributed by atoms with Gasteiger partial charge in [-0.3, -0.25) is 0 Å². The summed E-state index contributed by atoms with van der Waals surface area (Å²) in [6, 6.07) is 3.99. The summed E-state index contributed by atoms with van der Waals surface area (Å²) < 4.78 is 1.28. The van der Waals surface area contributed by atoms with Crippen molar-refractivity contribution in [2.45, 2.75) is 0 Å². The van der Waals surface area contributed by atoms with Gasteiger partial charge in [0.2, 0.25) is 0 Å². The van der Waals surface area contributed by atoms with Crippen LogP contribution in [-0.2, 0) is 0 Å². The fraction of sp³-hybridized carbons (Fsp3) is 0. The molecular weight excluding hydrogens is 214 g/mol. The van der Waals surface area contributed by atoms with Crippen LogP contribution in [0.15, 0.2) is 23.4 Å². The van der Waals surface area contributed by atoms with Crippen LogP contribution in [0.25, 0.3) is 9.91 Å². The summed E-state index contributed by atoms with van der Waals surface area (Å²) in [5.74, 6) is 0. The van der Waals surface area contributed by atoms with E-state index >= 15 is 0 Å². The first-order valence-electron chi connectivity index (χ1n) is 2.67. The van der Waals surface area contributed by atoms with Crippen LogP contribution in [0.5, 0.6) is 0 Å². The SMILES string of the molecule is [Cl-].c1c[nH+]c2[se]cnc2c1. The molecule has 0 saturated heterocycles. The summed E-state index contributed by atoms with van der Waals surface area (Å²) in [5.41, 5.74) is 1.11. The number of nitrogens with one attached hydrogen (secondary N) is 1. The van der Waals surface area contributed by atoms with E-state index in [2.05, 4.69) is 9.97 Å². The molecule has 2 rings (SSSR count). The molecule has 0 aliphatic rings. The van der Waals surface area contributed by atoms with Gasteiger partial charge < -0.3 is 12.4 Å². The quantitative estimate of drug-likeness (QED) is 0.437. The van der Waals surface area contributed by atoms with E-state index in [4.69, 9.17) is 0 Å². The normalized spacial score (nSPS) is 9.20. The molecule has 0 spiro atoms. The zero-order valence-corrected chi connectivity index (χ0v) is 7.51. The second-order valence-electron chi connectivity index (χ2n) is 1.74. The Bertz CT molecular complexity index is 290. The Morgan fingerprint density at radius 3 is 3.20 bits per heavy atom. The molecule has 0 aliphatic carbocycles. The standard InChI is InChI=1S/C6H4N2Se.ClH/c1-2-5-6(7-3-1)9-4-8-5;/h1-4H;1H. The number of H-pyrrole nitrogens is 1. The molecule has 0 saturated carbocycles. The van der Waals surface area contributed by atoms with Crippen LogP contribution in [0.1, 0.15) is 0 Å². The molecule has 2 heterocycles. The molecule has 0 atom stereocenters. The number of nitrogens with zero attached hydrogens (tertiary/aromatic N) is 1. The Morgan fingerprint density at radius 2 is 2.40 bits per heavy atom. The maximum absolute atomic E-state index is 4.17. The number of fused-ring (bicyclic) bond motifs is 1. The van der Waals surface area contributed by atoms with Gasteiger partial charge in [-0.1, -0.05) is 0 Å². The number of rotatable bonds is 0. The van der Waals surface area contributed by atoms with Crippen molar-refractivity contribution in [1.29, 1.82) is 0 Å². The van der Waals surface area contributed by atoms with Crippen molar-refractivity contribution in [3.8, 4) is 0 Å². The van der Waals surface area contributed by atoms with Crippen molar-refractivity contribution >= 4 is 24.4 Å². The van der Waals surface area contributed by atoms with Crippen LogP contribution in [-0.4, -0.2) is 19.5 Å². The first kappa shape index (κ1) is 7.73. The van der Waals surface area contributed by atoms with Gasteiger partial charge in [-0.2, -0.15) is 0 Å². The van der Waals surface area contributed by atoms with Crippen LogP contribution in [0.3, 0.4) is 0 Å². The zero-order chi connectivity index (χ0) is 6.10. The van der Waals surface area contributed by atoms with E-state index < -0.39 is 0 Å². The van der Waals surface area contributed by atoms with Gasteiger partial charge in [-0.15, -0.1) is 0 Å². The summed E-state index contributed by atoms with van der Waals surface area (Å²) in [6.07, 6.45) is 1.94. The molecule has 4 heteroatoms. The van der Waals surface area contributed by atoms with E-state index in [0.29, 0.717) is 14.5 Å². The Morgan fingerprint density at radius 1 is 1.50 bits per heavy atom. The minimum atomic E-state index is 0. The number of pyridine rings is 1. The third-order valence-electron chi connectivity index (χ3n) is 1.16. The number of aromatic nitrogens is 2. The second-order valence-corrected chi connectivity index (χ2v) is 3.53. The van der Waals surface area contributed by atoms with Crippen molar-refractivity contribution in [3.05, 3.63) is 23.4 Å². The van der Waals surface area contributed by atoms with Gasteiger partial charge in [0.15, 0.2) is 0 Å². The Labute approximate surface area is 70.5 Å². The molecule has 52 valence electrons. The fourth-order valence-electron chi connectivity index (χ4n) is 0.745. The van der Waals surface area contributed by atoms with Gasteiger partial charge in [0.25, 0.3) is 0 Å². The fourth-order valence-corrected chi connectivity index (χ4v) is 2.11. The minimum absolute atomic E-state index is 0. The van der Waals surface area contributed by atoms with Gasteiger partial charge in [0, 0.05) is 0 Å². The third kappa shape index (κ3) is 1.21. The molecule has 2 aromatic heterocycles. The van der Waals surface area contributed by atoms with E-state index in [1.54, 1.807) is 0 Å². The molecule has 0 aliphatic heterocycles. The molecule has 2 aromatic rings. The van der Waals surface area contributed by atoms with Crippen LogP contribution in [0.2, 0.25) is 0 Å². The van der Waals surface area contributed by atoms with Crippen molar-refractivity contribution in [3.63, 3.8) is 0 Å². The van der Waals surface area contributed by atoms with Crippen LogP contribution < -0.4 is 17.4 Å². The third-order valence-corrected chi connectivity index (χ3v) is 2.78. The number of aromatic amines is 1. The molecule has 0 amide bonds. The Hall–Kier alpha value is -0.371. The molecule has 10 heavy (non-hydrogen) atoms. The molecule has 0 fully saturated rings. The zero-order valence-electron chi connectivity index (χ0n) is 5.04. The monoisotopic (exact) mass is 220 g/mol. The van der Waals surface area contributed by atoms with Gasteiger partial charge in [-0.25, -0.2) is 0 Å². The molecule has 0 unspecified atom stereocenters. The number of hydrogen-bond donors (Lipinski definition) is 0. The summed E-state index contributed by atoms with van der Waals surface area (Å²) >= 11 is 0.455. The average Bonchev–Trinajstić information content (AvgIpc) is 2.33. The van der Waals surface area contributed by atoms with Crippen molar-refractivity contribution in [2.75, 3.05) is 0 Å². The van der Waals surface area contributed by atoms with E-state index in [-0.39, 0.29) is 12.4 Å². The van der Waals surface area contributed by atoms with Crippen LogP contribution >= 0.6 is 0 Å². The van der Waals surface area contributed by atoms with Gasteiger partial charge in [0.05, 0.1) is 0 Å². The summed E-state index contributed by atoms with van der Waals surface area (Å²) in [4.78, 5) is 7.32. The predicted octanol–water partition coefficient (Wildman–Crippen LogP) is -2.89. The van der Waals surface area contributed by atoms with Crippen LogP contribution in [0, 0.1) is 0 Å². The van der Waals surface area contributed by atoms with Gasteiger partial charge in [-0.05, 0) is 0 Å². The van der Waals surface area contributed by atoms with Crippen molar-refractivity contribution < 1.29 is 17.4 Å². The van der Waals surface area contributed by atoms with E-state index in [1.165, 1.54) is 4.39 Å². The molecule has 1 N–H and O–H groups in total. The average molecular weight is 220 g/mol. The van der Waals surface area contributed by atoms with E-state index in [0.717, 1.165) is 5.52 Å². The van der Waals surface area contributed by atoms with Crippen molar-refractivity contribution in [2.24, 2.45) is 0 Å². The number of hydrogen-bond acceptors (Lipinski definition) is 1. The molecular formula is C6H5ClN2Se. The summed E-state index contributed by atoms with van der Waals surface area (Å²) in [7, 11) is 0. The topological polar surface area (TPSA) is 27.0 Å². The molecule has 0 aromatic carbocycles. The second kappa shape index (κ2) is 3.15. The Kier molecular flexibility index (Phi) is 2.44. The van der Waals surface area contributed by atoms with Crippen molar-refractivity contribution in [1.82, 2.24) is 4.98 Å². The predicted molar refractivity (Wildman–Crippen MR) is 35.2 cm³/mol. The van der Waals surface area contributed by atoms with Gasteiger partial charge >= 0.3 is 57.8 Å². The first-order valence-corrected chi connectivity index (χ1v) is 4.51. The molecule has 0 bridgehead atoms. The summed E-state index contributed by atoms with van der Waals surface area (Å²) in [5, 5.41) is 1.98.